The molecule has 3 nitrogen and oxygen atoms in total. The summed E-state index contributed by atoms with van der Waals surface area (Å²) in [6.07, 6.45) is 6.15. The lowest BCUT2D eigenvalue weighted by atomic mass is 10.0. The largest absolute Gasteiger partial charge is 0.356 e. The third kappa shape index (κ3) is 7.36. The fourth-order valence-electron chi connectivity index (χ4n) is 1.83. The first-order chi connectivity index (χ1) is 7.33. The molecule has 0 aromatic rings. The summed E-state index contributed by atoms with van der Waals surface area (Å²) < 4.78 is 0. The number of halogens is 1. The van der Waals surface area contributed by atoms with E-state index in [4.69, 9.17) is 0 Å². The van der Waals surface area contributed by atoms with Gasteiger partial charge < -0.3 is 10.6 Å². The summed E-state index contributed by atoms with van der Waals surface area (Å²) in [6.45, 7) is 3.06. The summed E-state index contributed by atoms with van der Waals surface area (Å²) >= 11 is 1.83. The molecule has 0 radical (unpaired) electrons. The van der Waals surface area contributed by atoms with Crippen molar-refractivity contribution in [2.45, 2.75) is 25.7 Å². The van der Waals surface area contributed by atoms with Gasteiger partial charge in [0.15, 0.2) is 0 Å². The van der Waals surface area contributed by atoms with Crippen LogP contribution in [-0.4, -0.2) is 37.6 Å². The molecular weight excluding hydrogens is 244 g/mol. The molecule has 1 amide bonds. The van der Waals surface area contributed by atoms with E-state index in [2.05, 4.69) is 16.9 Å². The number of carbonyl (C=O) groups excluding carboxylic acids is 1. The molecule has 0 aromatic carbocycles. The zero-order chi connectivity index (χ0) is 10.9. The predicted molar refractivity (Wildman–Crippen MR) is 73.5 cm³/mol. The van der Waals surface area contributed by atoms with E-state index in [1.165, 1.54) is 6.42 Å². The Labute approximate surface area is 109 Å². The Bertz CT molecular complexity index is 187. The van der Waals surface area contributed by atoms with Gasteiger partial charge in [-0.1, -0.05) is 0 Å². The van der Waals surface area contributed by atoms with Gasteiger partial charge >= 0.3 is 0 Å². The molecule has 1 fully saturated rings. The van der Waals surface area contributed by atoms with Gasteiger partial charge in [-0.2, -0.15) is 11.8 Å². The van der Waals surface area contributed by atoms with Crippen molar-refractivity contribution >= 4 is 30.1 Å². The summed E-state index contributed by atoms with van der Waals surface area (Å²) in [5, 5.41) is 6.29. The Balaban J connectivity index is 0.00000225. The molecule has 1 aliphatic heterocycles. The molecule has 0 spiro atoms. The predicted octanol–water partition coefficient (Wildman–Crippen LogP) is 1.67. The third-order valence-corrected chi connectivity index (χ3v) is 3.49. The van der Waals surface area contributed by atoms with Crippen LogP contribution in [0.2, 0.25) is 0 Å². The topological polar surface area (TPSA) is 41.1 Å². The molecule has 5 heteroatoms. The van der Waals surface area contributed by atoms with Crippen LogP contribution < -0.4 is 10.6 Å². The minimum atomic E-state index is 0. The number of nitrogens with one attached hydrogen (secondary N) is 2. The van der Waals surface area contributed by atoms with Crippen molar-refractivity contribution in [2.75, 3.05) is 31.6 Å². The van der Waals surface area contributed by atoms with E-state index in [1.807, 2.05) is 11.8 Å². The van der Waals surface area contributed by atoms with Crippen molar-refractivity contribution in [1.82, 2.24) is 10.6 Å². The van der Waals surface area contributed by atoms with E-state index in [-0.39, 0.29) is 18.3 Å². The standard InChI is InChI=1S/C11H22N2OS.ClH/c1-15-8-2-6-13-11(14)4-3-10-5-7-12-9-10;/h10,12H,2-9H2,1H3,(H,13,14);1H. The van der Waals surface area contributed by atoms with E-state index in [0.29, 0.717) is 6.42 Å². The molecule has 2 N–H and O–H groups in total. The third-order valence-electron chi connectivity index (χ3n) is 2.79. The van der Waals surface area contributed by atoms with Crippen molar-refractivity contribution in [1.29, 1.82) is 0 Å². The van der Waals surface area contributed by atoms with Crippen LogP contribution in [0.1, 0.15) is 25.7 Å². The highest BCUT2D eigenvalue weighted by Crippen LogP contribution is 2.13. The van der Waals surface area contributed by atoms with Crippen LogP contribution in [0.15, 0.2) is 0 Å². The quantitative estimate of drug-likeness (QED) is 0.689. The van der Waals surface area contributed by atoms with Crippen molar-refractivity contribution < 1.29 is 4.79 Å². The van der Waals surface area contributed by atoms with Gasteiger partial charge in [0.2, 0.25) is 5.91 Å². The van der Waals surface area contributed by atoms with E-state index >= 15 is 0 Å². The Morgan fingerprint density at radius 3 is 3.00 bits per heavy atom. The summed E-state index contributed by atoms with van der Waals surface area (Å²) in [5.74, 6) is 2.08. The van der Waals surface area contributed by atoms with Gasteiger partial charge in [0.25, 0.3) is 0 Å². The second-order valence-electron chi connectivity index (χ2n) is 4.09. The minimum absolute atomic E-state index is 0. The maximum Gasteiger partial charge on any atom is 0.220 e. The lowest BCUT2D eigenvalue weighted by Crippen LogP contribution is -2.25. The molecule has 0 aliphatic carbocycles. The number of hydrogen-bond donors (Lipinski definition) is 2. The summed E-state index contributed by atoms with van der Waals surface area (Å²) in [5.41, 5.74) is 0. The van der Waals surface area contributed by atoms with Crippen LogP contribution in [0.5, 0.6) is 0 Å². The van der Waals surface area contributed by atoms with E-state index < -0.39 is 0 Å². The second kappa shape index (κ2) is 10.2. The second-order valence-corrected chi connectivity index (χ2v) is 5.08. The maximum absolute atomic E-state index is 11.4. The zero-order valence-corrected chi connectivity index (χ0v) is 11.6. The monoisotopic (exact) mass is 266 g/mol. The summed E-state index contributed by atoms with van der Waals surface area (Å²) in [6, 6.07) is 0. The van der Waals surface area contributed by atoms with Crippen LogP contribution in [0.4, 0.5) is 0 Å². The number of hydrogen-bond acceptors (Lipinski definition) is 3. The van der Waals surface area contributed by atoms with Crippen molar-refractivity contribution in [3.8, 4) is 0 Å². The van der Waals surface area contributed by atoms with Crippen LogP contribution in [0, 0.1) is 5.92 Å². The van der Waals surface area contributed by atoms with Crippen LogP contribution in [0.3, 0.4) is 0 Å². The highest BCUT2D eigenvalue weighted by molar-refractivity contribution is 7.98. The first-order valence-electron chi connectivity index (χ1n) is 5.79. The zero-order valence-electron chi connectivity index (χ0n) is 9.96. The van der Waals surface area contributed by atoms with Gasteiger partial charge in [-0.05, 0) is 50.3 Å². The molecule has 1 aliphatic rings. The Morgan fingerprint density at radius 2 is 2.38 bits per heavy atom. The van der Waals surface area contributed by atoms with Gasteiger partial charge in [-0.15, -0.1) is 12.4 Å². The number of amides is 1. The highest BCUT2D eigenvalue weighted by atomic mass is 35.5. The fraction of sp³-hybridized carbons (Fsp3) is 0.909. The molecule has 0 aromatic heterocycles. The SMILES string of the molecule is CSCCCNC(=O)CCC1CCNC1.Cl. The Hall–Kier alpha value is 0.0700. The molecule has 1 atom stereocenters. The number of thioether (sulfide) groups is 1. The minimum Gasteiger partial charge on any atom is -0.356 e. The Morgan fingerprint density at radius 1 is 1.56 bits per heavy atom. The van der Waals surface area contributed by atoms with Crippen LogP contribution in [-0.2, 0) is 4.79 Å². The average molecular weight is 267 g/mol. The lowest BCUT2D eigenvalue weighted by Gasteiger charge is -2.08. The van der Waals surface area contributed by atoms with Gasteiger partial charge in [0.05, 0.1) is 0 Å². The lowest BCUT2D eigenvalue weighted by molar-refractivity contribution is -0.121. The van der Waals surface area contributed by atoms with Gasteiger partial charge in [0.1, 0.15) is 0 Å². The molecule has 1 heterocycles. The molecule has 16 heavy (non-hydrogen) atoms. The van der Waals surface area contributed by atoms with Gasteiger partial charge in [-0.3, -0.25) is 4.79 Å². The van der Waals surface area contributed by atoms with E-state index in [9.17, 15) is 4.79 Å². The highest BCUT2D eigenvalue weighted by Gasteiger charge is 2.15. The average Bonchev–Trinajstić information content (AvgIpc) is 2.74. The molecule has 0 saturated carbocycles. The molecular formula is C11H23ClN2OS. The first-order valence-corrected chi connectivity index (χ1v) is 7.18. The van der Waals surface area contributed by atoms with E-state index in [0.717, 1.165) is 44.1 Å². The smallest absolute Gasteiger partial charge is 0.220 e. The number of carbonyl (C=O) groups is 1. The summed E-state index contributed by atoms with van der Waals surface area (Å²) in [4.78, 5) is 11.4. The Kier molecular flexibility index (Phi) is 10.3. The van der Waals surface area contributed by atoms with Crippen LogP contribution >= 0.6 is 24.2 Å². The normalized spacial score (nSPS) is 19.2. The maximum atomic E-state index is 11.4. The van der Waals surface area contributed by atoms with Crippen molar-refractivity contribution in [3.63, 3.8) is 0 Å². The fourth-order valence-corrected chi connectivity index (χ4v) is 2.26. The summed E-state index contributed by atoms with van der Waals surface area (Å²) in [7, 11) is 0. The number of rotatable bonds is 7. The molecule has 1 unspecified atom stereocenters. The van der Waals surface area contributed by atoms with Crippen LogP contribution in [0.25, 0.3) is 0 Å². The van der Waals surface area contributed by atoms with Crippen molar-refractivity contribution in [2.24, 2.45) is 5.92 Å². The van der Waals surface area contributed by atoms with Gasteiger partial charge in [-0.25, -0.2) is 0 Å². The van der Waals surface area contributed by atoms with E-state index in [1.54, 1.807) is 0 Å². The molecule has 96 valence electrons. The molecule has 0 bridgehead atoms. The van der Waals surface area contributed by atoms with Crippen molar-refractivity contribution in [3.05, 3.63) is 0 Å². The van der Waals surface area contributed by atoms with Gasteiger partial charge in [0, 0.05) is 13.0 Å². The molecule has 1 saturated heterocycles. The molecule has 1 rings (SSSR count). The first kappa shape index (κ1) is 16.1.